The molecule has 4 aliphatic carbocycles. The lowest BCUT2D eigenvalue weighted by Crippen LogP contribution is -2.64. The molecule has 15 nitrogen and oxygen atoms in total. The van der Waals surface area contributed by atoms with E-state index in [1.54, 1.807) is 13.8 Å². The summed E-state index contributed by atoms with van der Waals surface area (Å²) in [6, 6.07) is 0. The number of ether oxygens (including phenoxy) is 6. The lowest BCUT2D eigenvalue weighted by molar-refractivity contribution is -0.360. The van der Waals surface area contributed by atoms with Crippen molar-refractivity contribution in [2.45, 2.75) is 165 Å². The van der Waals surface area contributed by atoms with Crippen molar-refractivity contribution in [3.8, 4) is 0 Å². The molecule has 0 aromatic rings. The van der Waals surface area contributed by atoms with Gasteiger partial charge in [0.25, 0.3) is 0 Å². The van der Waals surface area contributed by atoms with Crippen LogP contribution in [0.2, 0.25) is 0 Å². The third-order valence-electron chi connectivity index (χ3n) is 14.7. The molecule has 0 spiro atoms. The van der Waals surface area contributed by atoms with E-state index < -0.39 is 91.1 Å². The van der Waals surface area contributed by atoms with Gasteiger partial charge in [0.05, 0.1) is 24.4 Å². The summed E-state index contributed by atoms with van der Waals surface area (Å²) in [7, 11) is 0. The average molecular weight is 755 g/mol. The zero-order chi connectivity index (χ0) is 38.2. The Bertz CT molecular complexity index is 1410. The Morgan fingerprint density at radius 1 is 0.906 bits per heavy atom. The van der Waals surface area contributed by atoms with Gasteiger partial charge in [0, 0.05) is 30.3 Å². The van der Waals surface area contributed by atoms with E-state index in [2.05, 4.69) is 13.8 Å². The Labute approximate surface area is 309 Å². The van der Waals surface area contributed by atoms with Gasteiger partial charge in [0.15, 0.2) is 12.6 Å². The van der Waals surface area contributed by atoms with Crippen molar-refractivity contribution in [1.29, 1.82) is 0 Å². The molecule has 0 amide bonds. The second-order valence-electron chi connectivity index (χ2n) is 17.3. The molecule has 9 unspecified atom stereocenters. The number of fused-ring (bicyclic) bond motifs is 5. The van der Waals surface area contributed by atoms with Gasteiger partial charge < -0.3 is 64.2 Å². The molecule has 0 aromatic carbocycles. The van der Waals surface area contributed by atoms with Crippen LogP contribution in [0.3, 0.4) is 0 Å². The highest BCUT2D eigenvalue weighted by atomic mass is 16.7. The number of rotatable bonds is 8. The Morgan fingerprint density at radius 3 is 2.30 bits per heavy atom. The molecule has 19 atom stereocenters. The van der Waals surface area contributed by atoms with E-state index in [-0.39, 0.29) is 54.2 Å². The van der Waals surface area contributed by atoms with Crippen molar-refractivity contribution in [3.05, 3.63) is 11.6 Å². The topological polar surface area (TPSA) is 231 Å². The third kappa shape index (κ3) is 6.49. The fourth-order valence-corrected chi connectivity index (χ4v) is 11.7. The molecule has 15 heteroatoms. The average Bonchev–Trinajstić information content (AvgIpc) is 3.65. The summed E-state index contributed by atoms with van der Waals surface area (Å²) in [5, 5.41) is 75.3. The molecule has 7 aliphatic rings. The molecule has 6 fully saturated rings. The fourth-order valence-electron chi connectivity index (χ4n) is 11.7. The maximum Gasteiger partial charge on any atom is 0.331 e. The zero-order valence-electron chi connectivity index (χ0n) is 31.0. The first-order valence-corrected chi connectivity index (χ1v) is 19.5. The van der Waals surface area contributed by atoms with E-state index in [1.807, 2.05) is 0 Å². The van der Waals surface area contributed by atoms with Crippen LogP contribution < -0.4 is 0 Å². The summed E-state index contributed by atoms with van der Waals surface area (Å²) < 4.78 is 34.9. The molecular formula is C38H58O15. The molecule has 0 bridgehead atoms. The van der Waals surface area contributed by atoms with Gasteiger partial charge in [-0.15, -0.1) is 0 Å². The minimum Gasteiger partial charge on any atom is -0.462 e. The van der Waals surface area contributed by atoms with E-state index in [9.17, 15) is 45.3 Å². The highest BCUT2D eigenvalue weighted by Gasteiger charge is 2.71. The van der Waals surface area contributed by atoms with Crippen LogP contribution in [0.25, 0.3) is 0 Å². The molecule has 300 valence electrons. The summed E-state index contributed by atoms with van der Waals surface area (Å²) >= 11 is 0. The van der Waals surface area contributed by atoms with E-state index in [4.69, 9.17) is 28.4 Å². The van der Waals surface area contributed by atoms with Gasteiger partial charge in [-0.3, -0.25) is 4.79 Å². The van der Waals surface area contributed by atoms with E-state index in [1.165, 1.54) is 6.08 Å². The number of carbonyl (C=O) groups excluding carboxylic acids is 2. The lowest BCUT2D eigenvalue weighted by atomic mass is 9.43. The van der Waals surface area contributed by atoms with Gasteiger partial charge in [-0.2, -0.15) is 0 Å². The number of aliphatic hydroxyl groups excluding tert-OH is 6. The Hall–Kier alpha value is -1.76. The van der Waals surface area contributed by atoms with E-state index in [0.29, 0.717) is 25.7 Å². The first-order chi connectivity index (χ1) is 25.1. The normalized spacial score (nSPS) is 52.5. The van der Waals surface area contributed by atoms with Gasteiger partial charge in [0.2, 0.25) is 0 Å². The van der Waals surface area contributed by atoms with Gasteiger partial charge >= 0.3 is 11.9 Å². The van der Waals surface area contributed by atoms with Gasteiger partial charge in [0.1, 0.15) is 55.4 Å². The highest BCUT2D eigenvalue weighted by Crippen LogP contribution is 2.70. The zero-order valence-corrected chi connectivity index (χ0v) is 31.0. The predicted molar refractivity (Wildman–Crippen MR) is 181 cm³/mol. The lowest BCUT2D eigenvalue weighted by Gasteiger charge is -2.63. The third-order valence-corrected chi connectivity index (χ3v) is 14.7. The number of aliphatic hydroxyl groups is 7. The van der Waals surface area contributed by atoms with Crippen LogP contribution in [0.15, 0.2) is 11.6 Å². The number of esters is 2. The van der Waals surface area contributed by atoms with Crippen molar-refractivity contribution in [3.63, 3.8) is 0 Å². The first-order valence-electron chi connectivity index (χ1n) is 19.5. The molecule has 3 heterocycles. The summed E-state index contributed by atoms with van der Waals surface area (Å²) in [6.45, 7) is 7.30. The van der Waals surface area contributed by atoms with Crippen LogP contribution >= 0.6 is 0 Å². The van der Waals surface area contributed by atoms with Crippen LogP contribution in [-0.4, -0.2) is 140 Å². The molecule has 2 saturated heterocycles. The van der Waals surface area contributed by atoms with Crippen LogP contribution in [0, 0.1) is 34.5 Å². The van der Waals surface area contributed by atoms with Crippen molar-refractivity contribution >= 4 is 11.9 Å². The summed E-state index contributed by atoms with van der Waals surface area (Å²) in [5.74, 6) is -0.575. The minimum atomic E-state index is -1.68. The van der Waals surface area contributed by atoms with Gasteiger partial charge in [-0.1, -0.05) is 20.8 Å². The largest absolute Gasteiger partial charge is 0.462 e. The smallest absolute Gasteiger partial charge is 0.331 e. The van der Waals surface area contributed by atoms with Crippen molar-refractivity contribution in [1.82, 2.24) is 0 Å². The summed E-state index contributed by atoms with van der Waals surface area (Å²) in [4.78, 5) is 24.7. The number of cyclic esters (lactones) is 1. The Kier molecular flexibility index (Phi) is 10.9. The molecule has 4 saturated carbocycles. The molecule has 0 aromatic heterocycles. The van der Waals surface area contributed by atoms with Crippen molar-refractivity contribution in [2.75, 3.05) is 13.2 Å². The molecule has 7 N–H and O–H groups in total. The summed E-state index contributed by atoms with van der Waals surface area (Å²) in [6.07, 6.45) is -7.08. The molecule has 7 rings (SSSR count). The van der Waals surface area contributed by atoms with Crippen LogP contribution in [0.5, 0.6) is 0 Å². The van der Waals surface area contributed by atoms with Crippen LogP contribution in [0.1, 0.15) is 85.5 Å². The van der Waals surface area contributed by atoms with E-state index in [0.717, 1.165) is 31.3 Å². The van der Waals surface area contributed by atoms with Crippen LogP contribution in [-0.2, 0) is 38.0 Å². The SMILES string of the molecule is CCC(=O)O[C@H]1C[C@]2(O)C3CC[C@@H]4C[C@@H](OC5OC(C)C(O[C@@H]6OC(CO)[C@@H](O)C(O)[C@@H]6O)C(O)C5O)CC[C@]4(C)C3CC[C@]2(C)[C@H]1C1=CC(=O)OC1. The Morgan fingerprint density at radius 2 is 1.62 bits per heavy atom. The van der Waals surface area contributed by atoms with Gasteiger partial charge in [-0.05, 0) is 80.6 Å². The minimum absolute atomic E-state index is 0.0217. The fraction of sp³-hybridized carbons (Fsp3) is 0.895. The molecule has 53 heavy (non-hydrogen) atoms. The van der Waals surface area contributed by atoms with Crippen LogP contribution in [0.4, 0.5) is 0 Å². The quantitative estimate of drug-likeness (QED) is 0.130. The summed E-state index contributed by atoms with van der Waals surface area (Å²) in [5.41, 5.74) is -1.01. The van der Waals surface area contributed by atoms with E-state index >= 15 is 0 Å². The predicted octanol–water partition coefficient (Wildman–Crippen LogP) is 0.212. The molecular weight excluding hydrogens is 696 g/mol. The van der Waals surface area contributed by atoms with Gasteiger partial charge in [-0.25, -0.2) is 4.79 Å². The first kappa shape index (κ1) is 39.5. The number of hydrogen-bond donors (Lipinski definition) is 7. The second kappa shape index (κ2) is 14.6. The van der Waals surface area contributed by atoms with Crippen molar-refractivity contribution < 1.29 is 73.8 Å². The highest BCUT2D eigenvalue weighted by molar-refractivity contribution is 5.85. The van der Waals surface area contributed by atoms with Crippen molar-refractivity contribution in [2.24, 2.45) is 34.5 Å². The number of carbonyl (C=O) groups is 2. The maximum absolute atomic E-state index is 12.9. The standard InChI is InChI=1S/C38H58O15/c1-5-25(40)51-23-14-38(47)22-7-6-19-13-20(8-10-36(19,3)21(22)9-11-37(38,4)27(23)18-12-26(41)48-16-18)50-34-32(46)30(44)33(17(2)49-34)53-35-31(45)29(43)28(42)24(15-39)52-35/h12,17,19-24,27-35,39,42-47H,5-11,13-16H2,1-4H3/t17?,19-,20+,21?,22?,23+,24?,27+,28-,29?,30?,31+,32?,33?,34?,35+,36+,37-,38+/m1/s1. The molecule has 0 radical (unpaired) electrons. The number of hydrogen-bond acceptors (Lipinski definition) is 15. The second-order valence-corrected chi connectivity index (χ2v) is 17.3. The Balaban J connectivity index is 1.01. The monoisotopic (exact) mass is 754 g/mol. The molecule has 3 aliphatic heterocycles. The maximum atomic E-state index is 12.9.